The van der Waals surface area contributed by atoms with Crippen molar-refractivity contribution in [3.05, 3.63) is 60.0 Å². The fourth-order valence-corrected chi connectivity index (χ4v) is 3.50. The Kier molecular flexibility index (Phi) is 4.88. The van der Waals surface area contributed by atoms with Crippen LogP contribution >= 0.6 is 11.8 Å². The largest absolute Gasteiger partial charge is 0.452 e. The van der Waals surface area contributed by atoms with Crippen molar-refractivity contribution in [1.82, 2.24) is 10.2 Å². The van der Waals surface area contributed by atoms with E-state index in [1.165, 1.54) is 0 Å². The minimum Gasteiger partial charge on any atom is -0.452 e. The number of carbonyl (C=O) groups is 2. The molecule has 136 valence electrons. The third-order valence-electron chi connectivity index (χ3n) is 3.89. The van der Waals surface area contributed by atoms with Gasteiger partial charge in [-0.1, -0.05) is 18.2 Å². The third kappa shape index (κ3) is 4.01. The van der Waals surface area contributed by atoms with Crippen LogP contribution in [0.3, 0.4) is 0 Å². The highest BCUT2D eigenvalue weighted by Gasteiger charge is 2.17. The van der Waals surface area contributed by atoms with E-state index in [-0.39, 0.29) is 18.4 Å². The van der Waals surface area contributed by atoms with Crippen LogP contribution < -0.4 is 5.32 Å². The Labute approximate surface area is 159 Å². The third-order valence-corrected chi connectivity index (χ3v) is 4.97. The molecule has 7 nitrogen and oxygen atoms in total. The first kappa shape index (κ1) is 17.3. The Morgan fingerprint density at radius 3 is 2.89 bits per heavy atom. The van der Waals surface area contributed by atoms with Crippen molar-refractivity contribution >= 4 is 29.3 Å². The maximum Gasteiger partial charge on any atom is 0.338 e. The van der Waals surface area contributed by atoms with Gasteiger partial charge in [-0.25, -0.2) is 4.79 Å². The molecule has 0 atom stereocenters. The quantitative estimate of drug-likeness (QED) is 0.691. The number of hydrogen-bond acceptors (Lipinski definition) is 7. The molecule has 0 aliphatic carbocycles. The summed E-state index contributed by atoms with van der Waals surface area (Å²) < 4.78 is 10.8. The second kappa shape index (κ2) is 7.63. The molecule has 27 heavy (non-hydrogen) atoms. The molecule has 0 fully saturated rings. The average molecular weight is 381 g/mol. The molecule has 0 radical (unpaired) electrons. The zero-order chi connectivity index (χ0) is 18.6. The lowest BCUT2D eigenvalue weighted by molar-refractivity contribution is -0.115. The first-order valence-corrected chi connectivity index (χ1v) is 9.29. The molecule has 0 saturated heterocycles. The van der Waals surface area contributed by atoms with Crippen LogP contribution in [0.2, 0.25) is 0 Å². The van der Waals surface area contributed by atoms with E-state index in [0.717, 1.165) is 10.5 Å². The minimum atomic E-state index is -0.527. The molecule has 0 saturated carbocycles. The molecule has 4 rings (SSSR count). The minimum absolute atomic E-state index is 0.0638. The SMILES string of the molecule is O=C1CCSc2ccc(C(=O)OCc3nnc(-c4ccccc4)o3)cc2N1. The summed E-state index contributed by atoms with van der Waals surface area (Å²) >= 11 is 1.58. The van der Waals surface area contributed by atoms with Crippen molar-refractivity contribution in [1.29, 1.82) is 0 Å². The van der Waals surface area contributed by atoms with Crippen LogP contribution in [0.1, 0.15) is 22.7 Å². The lowest BCUT2D eigenvalue weighted by Crippen LogP contribution is -2.11. The number of rotatable bonds is 4. The molecule has 0 bridgehead atoms. The zero-order valence-electron chi connectivity index (χ0n) is 14.2. The summed E-state index contributed by atoms with van der Waals surface area (Å²) in [6.07, 6.45) is 0.444. The van der Waals surface area contributed by atoms with Crippen molar-refractivity contribution < 1.29 is 18.7 Å². The first-order chi connectivity index (χ1) is 13.2. The van der Waals surface area contributed by atoms with Crippen LogP contribution in [-0.2, 0) is 16.1 Å². The molecule has 1 aromatic heterocycles. The monoisotopic (exact) mass is 381 g/mol. The second-order valence-corrected chi connectivity index (χ2v) is 6.94. The van der Waals surface area contributed by atoms with E-state index >= 15 is 0 Å². The number of nitrogens with one attached hydrogen (secondary N) is 1. The highest BCUT2D eigenvalue weighted by molar-refractivity contribution is 7.99. The molecule has 8 heteroatoms. The number of hydrogen-bond donors (Lipinski definition) is 1. The molecule has 1 amide bonds. The van der Waals surface area contributed by atoms with Crippen LogP contribution in [0.15, 0.2) is 57.8 Å². The maximum absolute atomic E-state index is 12.3. The number of amides is 1. The Bertz CT molecular complexity index is 988. The molecule has 2 aromatic carbocycles. The lowest BCUT2D eigenvalue weighted by atomic mass is 10.2. The predicted molar refractivity (Wildman–Crippen MR) is 99.3 cm³/mol. The molecular formula is C19H15N3O4S. The standard InChI is InChI=1S/C19H15N3O4S/c23-16-8-9-27-15-7-6-13(10-14(15)20-16)19(24)25-11-17-21-22-18(26-17)12-4-2-1-3-5-12/h1-7,10H,8-9,11H2,(H,20,23). The lowest BCUT2D eigenvalue weighted by Gasteiger charge is -2.08. The molecular weight excluding hydrogens is 366 g/mol. The summed E-state index contributed by atoms with van der Waals surface area (Å²) in [4.78, 5) is 24.9. The van der Waals surface area contributed by atoms with Gasteiger partial charge in [0, 0.05) is 22.6 Å². The van der Waals surface area contributed by atoms with Crippen LogP contribution in [0.4, 0.5) is 5.69 Å². The van der Waals surface area contributed by atoms with Crippen molar-refractivity contribution in [2.45, 2.75) is 17.9 Å². The topological polar surface area (TPSA) is 94.3 Å². The average Bonchev–Trinajstić information content (AvgIpc) is 3.08. The summed E-state index contributed by atoms with van der Waals surface area (Å²) in [5.41, 5.74) is 1.77. The molecule has 1 N–H and O–H groups in total. The summed E-state index contributed by atoms with van der Waals surface area (Å²) in [5.74, 6) is 0.697. The van der Waals surface area contributed by atoms with E-state index in [9.17, 15) is 9.59 Å². The molecule has 1 aliphatic rings. The van der Waals surface area contributed by atoms with Gasteiger partial charge >= 0.3 is 5.97 Å². The van der Waals surface area contributed by atoms with Gasteiger partial charge in [-0.2, -0.15) is 0 Å². The smallest absolute Gasteiger partial charge is 0.338 e. The molecule has 3 aromatic rings. The summed E-state index contributed by atoms with van der Waals surface area (Å²) in [6, 6.07) is 14.4. The Morgan fingerprint density at radius 2 is 2.04 bits per heavy atom. The van der Waals surface area contributed by atoms with Crippen molar-refractivity contribution in [2.24, 2.45) is 0 Å². The highest BCUT2D eigenvalue weighted by atomic mass is 32.2. The first-order valence-electron chi connectivity index (χ1n) is 8.31. The van der Waals surface area contributed by atoms with Gasteiger partial charge < -0.3 is 14.5 Å². The molecule has 1 aliphatic heterocycles. The van der Waals surface area contributed by atoms with Gasteiger partial charge in [-0.15, -0.1) is 22.0 Å². The van der Waals surface area contributed by atoms with E-state index in [4.69, 9.17) is 9.15 Å². The van der Waals surface area contributed by atoms with Gasteiger partial charge in [-0.3, -0.25) is 4.79 Å². The maximum atomic E-state index is 12.3. The van der Waals surface area contributed by atoms with Gasteiger partial charge in [0.05, 0.1) is 11.3 Å². The van der Waals surface area contributed by atoms with Crippen LogP contribution in [0, 0.1) is 0 Å². The Hall–Kier alpha value is -3.13. The Balaban J connectivity index is 1.43. The molecule has 2 heterocycles. The molecule has 0 unspecified atom stereocenters. The van der Waals surface area contributed by atoms with E-state index in [0.29, 0.717) is 29.3 Å². The van der Waals surface area contributed by atoms with Crippen molar-refractivity contribution in [3.63, 3.8) is 0 Å². The van der Waals surface area contributed by atoms with Crippen molar-refractivity contribution in [3.8, 4) is 11.5 Å². The highest BCUT2D eigenvalue weighted by Crippen LogP contribution is 2.31. The van der Waals surface area contributed by atoms with Gasteiger partial charge in [-0.05, 0) is 30.3 Å². The van der Waals surface area contributed by atoms with E-state index in [1.54, 1.807) is 23.9 Å². The van der Waals surface area contributed by atoms with E-state index < -0.39 is 5.97 Å². The predicted octanol–water partition coefficient (Wildman–Crippen LogP) is 3.53. The number of thioether (sulfide) groups is 1. The number of nitrogens with zero attached hydrogens (tertiary/aromatic N) is 2. The summed E-state index contributed by atoms with van der Waals surface area (Å²) in [6.45, 7) is -0.128. The zero-order valence-corrected chi connectivity index (χ0v) is 15.0. The van der Waals surface area contributed by atoms with E-state index in [2.05, 4.69) is 15.5 Å². The second-order valence-electron chi connectivity index (χ2n) is 5.80. The number of ether oxygens (including phenoxy) is 1. The van der Waals surface area contributed by atoms with E-state index in [1.807, 2.05) is 36.4 Å². The van der Waals surface area contributed by atoms with Crippen LogP contribution in [0.25, 0.3) is 11.5 Å². The number of anilines is 1. The summed E-state index contributed by atoms with van der Waals surface area (Å²) in [5, 5.41) is 10.7. The van der Waals surface area contributed by atoms with Crippen LogP contribution in [-0.4, -0.2) is 27.8 Å². The number of benzene rings is 2. The van der Waals surface area contributed by atoms with Crippen LogP contribution in [0.5, 0.6) is 0 Å². The number of esters is 1. The fraction of sp³-hybridized carbons (Fsp3) is 0.158. The Morgan fingerprint density at radius 1 is 1.19 bits per heavy atom. The summed E-state index contributed by atoms with van der Waals surface area (Å²) in [7, 11) is 0. The molecule has 0 spiro atoms. The normalized spacial score (nSPS) is 13.4. The van der Waals surface area contributed by atoms with Gasteiger partial charge in [0.15, 0.2) is 6.61 Å². The number of aromatic nitrogens is 2. The van der Waals surface area contributed by atoms with Crippen molar-refractivity contribution in [2.75, 3.05) is 11.1 Å². The number of fused-ring (bicyclic) bond motifs is 1. The number of carbonyl (C=O) groups excluding carboxylic acids is 2. The fourth-order valence-electron chi connectivity index (χ4n) is 2.57. The van der Waals surface area contributed by atoms with Gasteiger partial charge in [0.25, 0.3) is 5.89 Å². The van der Waals surface area contributed by atoms with Gasteiger partial charge in [0.1, 0.15) is 0 Å². The van der Waals surface area contributed by atoms with Gasteiger partial charge in [0.2, 0.25) is 11.8 Å².